The molecule has 0 radical (unpaired) electrons. The quantitative estimate of drug-likeness (QED) is 0.674. The summed E-state index contributed by atoms with van der Waals surface area (Å²) in [5, 5.41) is 4.24. The molecule has 1 aliphatic rings. The maximum atomic E-state index is 5.68. The van der Waals surface area contributed by atoms with Crippen LogP contribution in [0.1, 0.15) is 43.2 Å². The van der Waals surface area contributed by atoms with Gasteiger partial charge in [0.2, 0.25) is 0 Å². The van der Waals surface area contributed by atoms with Crippen LogP contribution in [-0.2, 0) is 6.54 Å². The van der Waals surface area contributed by atoms with Crippen molar-refractivity contribution in [2.75, 3.05) is 6.54 Å². The first-order valence-corrected chi connectivity index (χ1v) is 8.68. The maximum Gasteiger partial charge on any atom is 0.151 e. The Balaban J connectivity index is 1.53. The summed E-state index contributed by atoms with van der Waals surface area (Å²) in [7, 11) is 0. The lowest BCUT2D eigenvalue weighted by Gasteiger charge is -2.27. The molecule has 1 atom stereocenters. The molecule has 0 aliphatic carbocycles. The van der Waals surface area contributed by atoms with E-state index >= 15 is 0 Å². The monoisotopic (exact) mass is 322 g/mol. The average molecular weight is 322 g/mol. The third-order valence-electron chi connectivity index (χ3n) is 4.72. The highest BCUT2D eigenvalue weighted by Crippen LogP contribution is 2.32. The van der Waals surface area contributed by atoms with Gasteiger partial charge in [-0.2, -0.15) is 0 Å². The Bertz CT molecular complexity index is 749. The zero-order valence-corrected chi connectivity index (χ0v) is 13.7. The molecule has 4 heteroatoms. The second kappa shape index (κ2) is 7.05. The fourth-order valence-corrected chi connectivity index (χ4v) is 3.49. The van der Waals surface area contributed by atoms with Gasteiger partial charge in [0.1, 0.15) is 11.5 Å². The van der Waals surface area contributed by atoms with Gasteiger partial charge < -0.3 is 8.94 Å². The van der Waals surface area contributed by atoms with E-state index in [4.69, 9.17) is 8.94 Å². The van der Waals surface area contributed by atoms with Gasteiger partial charge in [0.25, 0.3) is 0 Å². The molecule has 1 aromatic carbocycles. The van der Waals surface area contributed by atoms with Crippen molar-refractivity contribution in [3.05, 3.63) is 66.3 Å². The number of likely N-dealkylation sites (tertiary alicyclic amines) is 1. The molecule has 4 nitrogen and oxygen atoms in total. The van der Waals surface area contributed by atoms with Crippen molar-refractivity contribution in [1.82, 2.24) is 10.1 Å². The Hall–Kier alpha value is -2.33. The number of aromatic nitrogens is 1. The van der Waals surface area contributed by atoms with Crippen molar-refractivity contribution in [2.45, 2.75) is 38.3 Å². The largest absolute Gasteiger partial charge is 0.468 e. The zero-order valence-electron chi connectivity index (χ0n) is 13.7. The van der Waals surface area contributed by atoms with Gasteiger partial charge in [-0.05, 0) is 31.5 Å². The van der Waals surface area contributed by atoms with Crippen molar-refractivity contribution < 1.29 is 8.94 Å². The molecular weight excluding hydrogens is 300 g/mol. The molecule has 1 unspecified atom stereocenters. The number of furan rings is 1. The van der Waals surface area contributed by atoms with E-state index < -0.39 is 0 Å². The second-order valence-corrected chi connectivity index (χ2v) is 6.40. The first kappa shape index (κ1) is 15.2. The van der Waals surface area contributed by atoms with Crippen LogP contribution in [0, 0.1) is 0 Å². The van der Waals surface area contributed by atoms with Crippen molar-refractivity contribution in [1.29, 1.82) is 0 Å². The molecule has 0 saturated carbocycles. The van der Waals surface area contributed by atoms with E-state index in [1.807, 2.05) is 24.3 Å². The number of nitrogens with zero attached hydrogens (tertiary/aromatic N) is 2. The average Bonchev–Trinajstić information content (AvgIpc) is 3.26. The molecule has 0 amide bonds. The van der Waals surface area contributed by atoms with Crippen LogP contribution in [0.3, 0.4) is 0 Å². The first-order chi connectivity index (χ1) is 11.9. The molecule has 1 aliphatic heterocycles. The summed E-state index contributed by atoms with van der Waals surface area (Å²) >= 11 is 0. The summed E-state index contributed by atoms with van der Waals surface area (Å²) in [6.07, 6.45) is 6.64. The zero-order chi connectivity index (χ0) is 16.2. The van der Waals surface area contributed by atoms with Crippen LogP contribution in [0.5, 0.6) is 0 Å². The molecule has 24 heavy (non-hydrogen) atoms. The molecule has 3 aromatic rings. The minimum Gasteiger partial charge on any atom is -0.468 e. The van der Waals surface area contributed by atoms with Gasteiger partial charge in [0.15, 0.2) is 5.76 Å². The molecule has 3 heterocycles. The lowest BCUT2D eigenvalue weighted by molar-refractivity contribution is 0.152. The van der Waals surface area contributed by atoms with Gasteiger partial charge in [-0.3, -0.25) is 4.90 Å². The van der Waals surface area contributed by atoms with Crippen molar-refractivity contribution in [3.63, 3.8) is 0 Å². The van der Waals surface area contributed by atoms with Gasteiger partial charge in [-0.15, -0.1) is 0 Å². The molecule has 4 rings (SSSR count). The summed E-state index contributed by atoms with van der Waals surface area (Å²) < 4.78 is 11.3. The van der Waals surface area contributed by atoms with Crippen LogP contribution in [0.15, 0.2) is 63.7 Å². The summed E-state index contributed by atoms with van der Waals surface area (Å²) in [6.45, 7) is 1.83. The van der Waals surface area contributed by atoms with E-state index in [9.17, 15) is 0 Å². The van der Waals surface area contributed by atoms with Crippen molar-refractivity contribution in [2.24, 2.45) is 0 Å². The smallest absolute Gasteiger partial charge is 0.151 e. The Morgan fingerprint density at radius 3 is 2.79 bits per heavy atom. The van der Waals surface area contributed by atoms with E-state index in [1.54, 1.807) is 6.26 Å². The summed E-state index contributed by atoms with van der Waals surface area (Å²) in [5.74, 6) is 1.96. The van der Waals surface area contributed by atoms with E-state index in [2.05, 4.69) is 34.3 Å². The van der Waals surface area contributed by atoms with Gasteiger partial charge >= 0.3 is 0 Å². The summed E-state index contributed by atoms with van der Waals surface area (Å²) in [6, 6.07) is 16.6. The lowest BCUT2D eigenvalue weighted by Crippen LogP contribution is -2.27. The van der Waals surface area contributed by atoms with Crippen LogP contribution in [-0.4, -0.2) is 16.6 Å². The van der Waals surface area contributed by atoms with Crippen LogP contribution in [0.2, 0.25) is 0 Å². The molecular formula is C20H22N2O2. The first-order valence-electron chi connectivity index (χ1n) is 8.68. The summed E-state index contributed by atoms with van der Waals surface area (Å²) in [4.78, 5) is 2.46. The van der Waals surface area contributed by atoms with Crippen LogP contribution >= 0.6 is 0 Å². The fourth-order valence-electron chi connectivity index (χ4n) is 3.49. The topological polar surface area (TPSA) is 42.4 Å². The van der Waals surface area contributed by atoms with Crippen molar-refractivity contribution >= 4 is 0 Å². The normalized spacial score (nSPS) is 19.2. The molecule has 0 bridgehead atoms. The third kappa shape index (κ3) is 3.29. The van der Waals surface area contributed by atoms with Crippen LogP contribution < -0.4 is 0 Å². The van der Waals surface area contributed by atoms with Crippen molar-refractivity contribution in [3.8, 4) is 11.3 Å². The van der Waals surface area contributed by atoms with Gasteiger partial charge in [0.05, 0.1) is 18.8 Å². The standard InChI is InChI=1S/C20H22N2O2/c1-3-8-16(9-4-1)18-14-17(24-21-18)15-22-12-6-2-5-10-19(22)20-11-7-13-23-20/h1,3-4,7-9,11,13-14,19H,2,5-6,10,12,15H2. The highest BCUT2D eigenvalue weighted by molar-refractivity contribution is 5.58. The maximum absolute atomic E-state index is 5.68. The minimum absolute atomic E-state index is 0.327. The van der Waals surface area contributed by atoms with E-state index in [0.29, 0.717) is 6.04 Å². The highest BCUT2D eigenvalue weighted by atomic mass is 16.5. The molecule has 2 aromatic heterocycles. The molecule has 0 spiro atoms. The predicted molar refractivity (Wildman–Crippen MR) is 92.3 cm³/mol. The fraction of sp³-hybridized carbons (Fsp3) is 0.350. The van der Waals surface area contributed by atoms with Gasteiger partial charge in [-0.25, -0.2) is 0 Å². The third-order valence-corrected chi connectivity index (χ3v) is 4.72. The molecule has 0 N–H and O–H groups in total. The predicted octanol–water partition coefficient (Wildman–Crippen LogP) is 5.05. The van der Waals surface area contributed by atoms with E-state index in [1.165, 1.54) is 19.3 Å². The number of hydrogen-bond donors (Lipinski definition) is 0. The molecule has 1 saturated heterocycles. The van der Waals surface area contributed by atoms with Crippen LogP contribution in [0.4, 0.5) is 0 Å². The van der Waals surface area contributed by atoms with Gasteiger partial charge in [-0.1, -0.05) is 48.3 Å². The number of rotatable bonds is 4. The Morgan fingerprint density at radius 2 is 1.96 bits per heavy atom. The van der Waals surface area contributed by atoms with E-state index in [-0.39, 0.29) is 0 Å². The Labute approximate surface area is 142 Å². The summed E-state index contributed by atoms with van der Waals surface area (Å²) in [5.41, 5.74) is 1.99. The molecule has 1 fully saturated rings. The Morgan fingerprint density at radius 1 is 1.04 bits per heavy atom. The van der Waals surface area contributed by atoms with Crippen LogP contribution in [0.25, 0.3) is 11.3 Å². The second-order valence-electron chi connectivity index (χ2n) is 6.40. The number of hydrogen-bond acceptors (Lipinski definition) is 4. The minimum atomic E-state index is 0.327. The lowest BCUT2D eigenvalue weighted by atomic mass is 10.1. The van der Waals surface area contributed by atoms with Gasteiger partial charge in [0, 0.05) is 11.6 Å². The Kier molecular flexibility index (Phi) is 4.47. The molecule has 124 valence electrons. The van der Waals surface area contributed by atoms with E-state index in [0.717, 1.165) is 42.3 Å². The highest BCUT2D eigenvalue weighted by Gasteiger charge is 2.25. The number of benzene rings is 1. The SMILES string of the molecule is c1ccc(-c2cc(CN3CCCCCC3c3ccco3)on2)cc1.